The number of β-lactam (4-membered cyclic amide) rings is 1. The van der Waals surface area contributed by atoms with Crippen LogP contribution < -0.4 is 5.32 Å². The second-order valence-electron chi connectivity index (χ2n) is 9.10. The first-order valence-electron chi connectivity index (χ1n) is 10.9. The highest BCUT2D eigenvalue weighted by Gasteiger charge is 2.54. The number of allylic oxidation sites excluding steroid dienone is 2. The topological polar surface area (TPSA) is 102 Å². The van der Waals surface area contributed by atoms with Gasteiger partial charge in [0, 0.05) is 11.8 Å². The van der Waals surface area contributed by atoms with E-state index in [0.29, 0.717) is 6.08 Å². The van der Waals surface area contributed by atoms with Crippen LogP contribution in [0.2, 0.25) is 0 Å². The van der Waals surface area contributed by atoms with E-state index in [1.807, 2.05) is 0 Å². The van der Waals surface area contributed by atoms with Crippen LogP contribution in [0.4, 0.5) is 13.2 Å². The van der Waals surface area contributed by atoms with Crippen LogP contribution in [0.3, 0.4) is 0 Å². The number of alkyl halides is 3. The van der Waals surface area contributed by atoms with E-state index in [1.165, 1.54) is 0 Å². The number of hydrogen-bond acceptors (Lipinski definition) is 7. The number of amides is 2. The van der Waals surface area contributed by atoms with Gasteiger partial charge in [-0.15, -0.1) is 11.8 Å². The van der Waals surface area contributed by atoms with Gasteiger partial charge in [0.05, 0.1) is 11.8 Å². The fourth-order valence-corrected chi connectivity index (χ4v) is 4.70. The van der Waals surface area contributed by atoms with Gasteiger partial charge >= 0.3 is 18.1 Å². The molecule has 2 atom stereocenters. The van der Waals surface area contributed by atoms with Crippen molar-refractivity contribution in [2.24, 2.45) is 5.41 Å². The monoisotopic (exact) mass is 526 g/mol. The summed E-state index contributed by atoms with van der Waals surface area (Å²) in [5.41, 5.74) is -0.589. The van der Waals surface area contributed by atoms with Crippen molar-refractivity contribution in [3.8, 4) is 0 Å². The largest absolute Gasteiger partial charge is 0.427 e. The maximum atomic E-state index is 12.9. The number of rotatable bonds is 7. The van der Waals surface area contributed by atoms with Gasteiger partial charge in [-0.25, -0.2) is 4.79 Å². The summed E-state index contributed by atoms with van der Waals surface area (Å²) in [6, 6.07) is 7.90. The molecule has 2 amide bonds. The van der Waals surface area contributed by atoms with E-state index in [9.17, 15) is 32.3 Å². The molecule has 0 bridgehead atoms. The number of halogens is 3. The molecule has 0 radical (unpaired) electrons. The van der Waals surface area contributed by atoms with Crippen molar-refractivity contribution in [3.63, 3.8) is 0 Å². The van der Waals surface area contributed by atoms with Gasteiger partial charge in [-0.05, 0) is 31.9 Å². The summed E-state index contributed by atoms with van der Waals surface area (Å²) < 4.78 is 48.2. The van der Waals surface area contributed by atoms with Gasteiger partial charge in [-0.2, -0.15) is 13.2 Å². The van der Waals surface area contributed by atoms with E-state index >= 15 is 0 Å². The molecular weight excluding hydrogens is 501 g/mol. The van der Waals surface area contributed by atoms with E-state index in [0.717, 1.165) is 22.2 Å². The van der Waals surface area contributed by atoms with Crippen molar-refractivity contribution >= 4 is 35.5 Å². The van der Waals surface area contributed by atoms with Gasteiger partial charge in [-0.3, -0.25) is 19.3 Å². The number of thioether (sulfide) groups is 1. The van der Waals surface area contributed by atoms with Crippen molar-refractivity contribution in [2.75, 3.05) is 12.5 Å². The second-order valence-corrected chi connectivity index (χ2v) is 10.2. The van der Waals surface area contributed by atoms with Crippen molar-refractivity contribution in [2.45, 2.75) is 44.8 Å². The van der Waals surface area contributed by atoms with E-state index in [-0.39, 0.29) is 29.5 Å². The van der Waals surface area contributed by atoms with Crippen LogP contribution in [0.25, 0.3) is 0 Å². The first-order chi connectivity index (χ1) is 16.8. The molecule has 1 N–H and O–H groups in total. The number of carbonyl (C=O) groups excluding carboxylic acids is 4. The third kappa shape index (κ3) is 6.68. The molecule has 1 saturated heterocycles. The first kappa shape index (κ1) is 27.3. The predicted molar refractivity (Wildman–Crippen MR) is 124 cm³/mol. The molecule has 0 aromatic heterocycles. The Morgan fingerprint density at radius 3 is 2.42 bits per heavy atom. The fraction of sp³-hybridized carbons (Fsp3) is 0.417. The summed E-state index contributed by atoms with van der Waals surface area (Å²) in [5, 5.41) is 1.92. The standard InChI is InChI=1S/C24H25F3N2O6S/c1-23(2,3)22(33)35-13-34-21(32)18-15(9-10-24(25,26)27)12-36-20-17(19(31)29(18)20)28-16(30)11-14-7-5-4-6-8-14/h4-10,17,20H,11-13H2,1-3H3,(H,28,30)/b10-9+. The Hall–Kier alpha value is -3.28. The minimum atomic E-state index is -4.64. The second kappa shape index (κ2) is 10.8. The van der Waals surface area contributed by atoms with Gasteiger partial charge in [0.1, 0.15) is 17.1 Å². The molecule has 194 valence electrons. The Morgan fingerprint density at radius 2 is 1.81 bits per heavy atom. The van der Waals surface area contributed by atoms with Gasteiger partial charge in [0.15, 0.2) is 0 Å². The van der Waals surface area contributed by atoms with Crippen LogP contribution in [0, 0.1) is 5.41 Å². The zero-order valence-corrected chi connectivity index (χ0v) is 20.6. The van der Waals surface area contributed by atoms with Crippen LogP contribution in [-0.4, -0.2) is 58.8 Å². The zero-order valence-electron chi connectivity index (χ0n) is 19.8. The normalized spacial score (nSPS) is 20.1. The highest BCUT2D eigenvalue weighted by molar-refractivity contribution is 8.00. The SMILES string of the molecule is CC(C)(C)C(=O)OCOC(=O)C1=C(/C=C/C(F)(F)F)CSC2C(NC(=O)Cc3ccccc3)C(=O)N12. The summed E-state index contributed by atoms with van der Waals surface area (Å²) in [6.45, 7) is 4.00. The summed E-state index contributed by atoms with van der Waals surface area (Å²) in [7, 11) is 0. The lowest BCUT2D eigenvalue weighted by Crippen LogP contribution is -2.70. The third-order valence-electron chi connectivity index (χ3n) is 5.18. The van der Waals surface area contributed by atoms with Crippen molar-refractivity contribution in [3.05, 3.63) is 59.3 Å². The Labute approximate surface area is 209 Å². The lowest BCUT2D eigenvalue weighted by molar-refractivity contribution is -0.173. The summed E-state index contributed by atoms with van der Waals surface area (Å²) in [5.74, 6) is -2.89. The van der Waals surface area contributed by atoms with Crippen LogP contribution in [0.15, 0.2) is 53.8 Å². The number of esters is 2. The lowest BCUT2D eigenvalue weighted by Gasteiger charge is -2.49. The number of benzene rings is 1. The van der Waals surface area contributed by atoms with Gasteiger partial charge in [0.25, 0.3) is 5.91 Å². The molecule has 2 aliphatic heterocycles. The molecule has 12 heteroatoms. The summed E-state index contributed by atoms with van der Waals surface area (Å²) in [6.07, 6.45) is -3.95. The van der Waals surface area contributed by atoms with E-state index in [4.69, 9.17) is 9.47 Å². The third-order valence-corrected chi connectivity index (χ3v) is 6.48. The smallest absolute Gasteiger partial charge is 0.409 e. The summed E-state index contributed by atoms with van der Waals surface area (Å²) in [4.78, 5) is 51.0. The Morgan fingerprint density at radius 1 is 1.14 bits per heavy atom. The van der Waals surface area contributed by atoms with Crippen molar-refractivity contribution < 1.29 is 41.8 Å². The molecular formula is C24H25F3N2O6S. The highest BCUT2D eigenvalue weighted by Crippen LogP contribution is 2.41. The number of carbonyl (C=O) groups is 4. The molecule has 8 nitrogen and oxygen atoms in total. The van der Waals surface area contributed by atoms with Crippen LogP contribution in [0.5, 0.6) is 0 Å². The molecule has 2 heterocycles. The number of fused-ring (bicyclic) bond motifs is 1. The number of nitrogens with one attached hydrogen (secondary N) is 1. The quantitative estimate of drug-likeness (QED) is 0.331. The number of nitrogens with zero attached hydrogens (tertiary/aromatic N) is 1. The van der Waals surface area contributed by atoms with Crippen molar-refractivity contribution in [1.29, 1.82) is 0 Å². The molecule has 1 aromatic rings. The molecule has 3 rings (SSSR count). The molecule has 0 aliphatic carbocycles. The number of hydrogen-bond donors (Lipinski definition) is 1. The zero-order chi connectivity index (χ0) is 26.7. The molecule has 0 saturated carbocycles. The molecule has 1 fully saturated rings. The Bertz CT molecular complexity index is 1100. The van der Waals surface area contributed by atoms with Gasteiger partial charge in [0.2, 0.25) is 12.7 Å². The average Bonchev–Trinajstić information content (AvgIpc) is 2.79. The Balaban J connectivity index is 1.75. The van der Waals surface area contributed by atoms with Crippen LogP contribution in [-0.2, 0) is 35.1 Å². The van der Waals surface area contributed by atoms with E-state index in [1.54, 1.807) is 51.1 Å². The molecule has 0 spiro atoms. The predicted octanol–water partition coefficient (Wildman–Crippen LogP) is 3.09. The molecule has 1 aromatic carbocycles. The highest BCUT2D eigenvalue weighted by atomic mass is 32.2. The van der Waals surface area contributed by atoms with Gasteiger partial charge < -0.3 is 14.8 Å². The molecule has 2 aliphatic rings. The minimum absolute atomic E-state index is 0.0332. The van der Waals surface area contributed by atoms with Crippen LogP contribution >= 0.6 is 11.8 Å². The average molecular weight is 527 g/mol. The number of ether oxygens (including phenoxy) is 2. The van der Waals surface area contributed by atoms with Crippen molar-refractivity contribution in [1.82, 2.24) is 10.2 Å². The summed E-state index contributed by atoms with van der Waals surface area (Å²) >= 11 is 1.11. The minimum Gasteiger partial charge on any atom is -0.427 e. The van der Waals surface area contributed by atoms with Crippen LogP contribution in [0.1, 0.15) is 26.3 Å². The molecule has 2 unspecified atom stereocenters. The maximum Gasteiger partial charge on any atom is 0.409 e. The maximum absolute atomic E-state index is 12.9. The lowest BCUT2D eigenvalue weighted by atomic mass is 9.98. The van der Waals surface area contributed by atoms with E-state index < -0.39 is 53.6 Å². The first-order valence-corrected chi connectivity index (χ1v) is 11.9. The van der Waals surface area contributed by atoms with E-state index in [2.05, 4.69) is 5.32 Å². The Kier molecular flexibility index (Phi) is 8.17. The molecule has 36 heavy (non-hydrogen) atoms. The van der Waals surface area contributed by atoms with Gasteiger partial charge in [-0.1, -0.05) is 36.4 Å². The fourth-order valence-electron chi connectivity index (χ4n) is 3.38.